The molecule has 1 amide bonds. The Kier molecular flexibility index (Phi) is 4.75. The molecule has 2 aromatic carbocycles. The first-order valence-electron chi connectivity index (χ1n) is 8.30. The predicted molar refractivity (Wildman–Crippen MR) is 91.5 cm³/mol. The number of carbonyl (C=O) groups is 1. The Morgan fingerprint density at radius 3 is 2.64 bits per heavy atom. The molecule has 1 N–H and O–H groups in total. The summed E-state index contributed by atoms with van der Waals surface area (Å²) in [6.45, 7) is 2.35. The first-order chi connectivity index (χ1) is 12.0. The molecule has 25 heavy (non-hydrogen) atoms. The lowest BCUT2D eigenvalue weighted by molar-refractivity contribution is -0.120. The summed E-state index contributed by atoms with van der Waals surface area (Å²) in [5.74, 6) is -0.394. The Labute approximate surface area is 146 Å². The lowest BCUT2D eigenvalue weighted by atomic mass is 9.92. The van der Waals surface area contributed by atoms with Crippen LogP contribution in [0.25, 0.3) is 0 Å². The van der Waals surface area contributed by atoms with E-state index in [-0.39, 0.29) is 18.2 Å². The summed E-state index contributed by atoms with van der Waals surface area (Å²) in [6.07, 6.45) is 0.963. The standard InChI is InChI=1S/C20H21F2NO2/c1-13-11-20(13,16-8-7-15(21)10-17(16)22)12-23-19(24)9-14-5-3-4-6-18(14)25-2/h3-8,10,13H,9,11-12H2,1-2H3,(H,23,24). The van der Waals surface area contributed by atoms with Gasteiger partial charge in [-0.15, -0.1) is 0 Å². The highest BCUT2D eigenvalue weighted by atomic mass is 19.1. The van der Waals surface area contributed by atoms with Gasteiger partial charge in [-0.2, -0.15) is 0 Å². The third-order valence-electron chi connectivity index (χ3n) is 5.07. The van der Waals surface area contributed by atoms with Gasteiger partial charge >= 0.3 is 0 Å². The Bertz CT molecular complexity index is 793. The molecule has 132 valence electrons. The largest absolute Gasteiger partial charge is 0.496 e. The molecule has 3 rings (SSSR count). The number of amides is 1. The molecule has 1 aliphatic rings. The lowest BCUT2D eigenvalue weighted by Gasteiger charge is -2.19. The van der Waals surface area contributed by atoms with Crippen molar-refractivity contribution in [3.8, 4) is 5.75 Å². The van der Waals surface area contributed by atoms with E-state index in [0.717, 1.165) is 18.1 Å². The molecule has 0 radical (unpaired) electrons. The molecule has 2 atom stereocenters. The second kappa shape index (κ2) is 6.82. The highest BCUT2D eigenvalue weighted by Crippen LogP contribution is 2.54. The van der Waals surface area contributed by atoms with Crippen molar-refractivity contribution in [3.05, 3.63) is 65.2 Å². The van der Waals surface area contributed by atoms with Gasteiger partial charge in [-0.05, 0) is 30.0 Å². The zero-order chi connectivity index (χ0) is 18.0. The molecule has 1 fully saturated rings. The fourth-order valence-electron chi connectivity index (χ4n) is 3.44. The number of nitrogens with one attached hydrogen (secondary N) is 1. The van der Waals surface area contributed by atoms with Crippen molar-refractivity contribution in [1.29, 1.82) is 0 Å². The molecule has 0 bridgehead atoms. The monoisotopic (exact) mass is 345 g/mol. The van der Waals surface area contributed by atoms with Crippen LogP contribution >= 0.6 is 0 Å². The topological polar surface area (TPSA) is 38.3 Å². The van der Waals surface area contributed by atoms with Gasteiger partial charge < -0.3 is 10.1 Å². The van der Waals surface area contributed by atoms with Crippen molar-refractivity contribution in [2.24, 2.45) is 5.92 Å². The van der Waals surface area contributed by atoms with E-state index in [1.807, 2.05) is 25.1 Å². The maximum Gasteiger partial charge on any atom is 0.224 e. The van der Waals surface area contributed by atoms with Crippen molar-refractivity contribution in [2.45, 2.75) is 25.2 Å². The number of para-hydroxylation sites is 1. The van der Waals surface area contributed by atoms with E-state index in [2.05, 4.69) is 5.32 Å². The van der Waals surface area contributed by atoms with Gasteiger partial charge in [0.05, 0.1) is 13.5 Å². The zero-order valence-corrected chi connectivity index (χ0v) is 14.3. The smallest absolute Gasteiger partial charge is 0.224 e. The minimum Gasteiger partial charge on any atom is -0.496 e. The van der Waals surface area contributed by atoms with E-state index in [0.29, 0.717) is 17.9 Å². The van der Waals surface area contributed by atoms with Crippen molar-refractivity contribution < 1.29 is 18.3 Å². The summed E-state index contributed by atoms with van der Waals surface area (Å²) in [7, 11) is 1.56. The highest BCUT2D eigenvalue weighted by Gasteiger charge is 2.53. The number of carbonyl (C=O) groups excluding carboxylic acids is 1. The van der Waals surface area contributed by atoms with E-state index < -0.39 is 17.0 Å². The maximum absolute atomic E-state index is 14.2. The van der Waals surface area contributed by atoms with Gasteiger partial charge in [0, 0.05) is 23.6 Å². The Balaban J connectivity index is 1.68. The molecular weight excluding hydrogens is 324 g/mol. The Hall–Kier alpha value is -2.43. The van der Waals surface area contributed by atoms with E-state index >= 15 is 0 Å². The van der Waals surface area contributed by atoms with Crippen molar-refractivity contribution in [1.82, 2.24) is 5.32 Å². The summed E-state index contributed by atoms with van der Waals surface area (Å²) >= 11 is 0. The minimum absolute atomic E-state index is 0.148. The third-order valence-corrected chi connectivity index (χ3v) is 5.07. The number of halogens is 2. The lowest BCUT2D eigenvalue weighted by Crippen LogP contribution is -2.34. The maximum atomic E-state index is 14.2. The number of benzene rings is 2. The molecular formula is C20H21F2NO2. The van der Waals surface area contributed by atoms with Crippen LogP contribution in [-0.4, -0.2) is 19.6 Å². The number of hydrogen-bond acceptors (Lipinski definition) is 2. The first-order valence-corrected chi connectivity index (χ1v) is 8.30. The quantitative estimate of drug-likeness (QED) is 0.869. The highest BCUT2D eigenvalue weighted by molar-refractivity contribution is 5.79. The Morgan fingerprint density at radius 1 is 1.28 bits per heavy atom. The van der Waals surface area contributed by atoms with Crippen LogP contribution in [0.15, 0.2) is 42.5 Å². The Morgan fingerprint density at radius 2 is 2.00 bits per heavy atom. The molecule has 2 unspecified atom stereocenters. The van der Waals surface area contributed by atoms with Crippen LogP contribution in [0.4, 0.5) is 8.78 Å². The van der Waals surface area contributed by atoms with Crippen LogP contribution in [0, 0.1) is 17.6 Å². The van der Waals surface area contributed by atoms with Gasteiger partial charge in [0.25, 0.3) is 0 Å². The van der Waals surface area contributed by atoms with Crippen molar-refractivity contribution in [3.63, 3.8) is 0 Å². The fraction of sp³-hybridized carbons (Fsp3) is 0.350. The summed E-state index contributed by atoms with van der Waals surface area (Å²) in [5.41, 5.74) is 0.821. The average Bonchev–Trinajstić information content (AvgIpc) is 3.24. The molecule has 0 aliphatic heterocycles. The minimum atomic E-state index is -0.593. The summed E-state index contributed by atoms with van der Waals surface area (Å²) in [5, 5.41) is 2.90. The van der Waals surface area contributed by atoms with Gasteiger partial charge in [0.2, 0.25) is 5.91 Å². The van der Waals surface area contributed by atoms with Crippen LogP contribution in [-0.2, 0) is 16.6 Å². The van der Waals surface area contributed by atoms with E-state index in [9.17, 15) is 13.6 Å². The van der Waals surface area contributed by atoms with Crippen LogP contribution < -0.4 is 10.1 Å². The van der Waals surface area contributed by atoms with Gasteiger partial charge in [-0.25, -0.2) is 8.78 Å². The predicted octanol–water partition coefficient (Wildman–Crippen LogP) is 3.61. The normalized spacial score (nSPS) is 21.7. The molecule has 0 heterocycles. The van der Waals surface area contributed by atoms with Crippen molar-refractivity contribution >= 4 is 5.91 Å². The first kappa shape index (κ1) is 17.4. The van der Waals surface area contributed by atoms with Gasteiger partial charge in [0.1, 0.15) is 17.4 Å². The SMILES string of the molecule is COc1ccccc1CC(=O)NCC1(c2ccc(F)cc2F)CC1C. The molecule has 5 heteroatoms. The molecule has 2 aromatic rings. The van der Waals surface area contributed by atoms with Gasteiger partial charge in [-0.3, -0.25) is 4.79 Å². The fourth-order valence-corrected chi connectivity index (χ4v) is 3.44. The molecule has 0 spiro atoms. The molecule has 3 nitrogen and oxygen atoms in total. The number of rotatable bonds is 6. The third kappa shape index (κ3) is 3.50. The number of hydrogen-bond donors (Lipinski definition) is 1. The molecule has 0 saturated heterocycles. The average molecular weight is 345 g/mol. The van der Waals surface area contributed by atoms with E-state index in [4.69, 9.17) is 4.74 Å². The molecule has 1 aliphatic carbocycles. The molecule has 1 saturated carbocycles. The second-order valence-electron chi connectivity index (χ2n) is 6.65. The van der Waals surface area contributed by atoms with Crippen LogP contribution in [0.2, 0.25) is 0 Å². The number of methoxy groups -OCH3 is 1. The van der Waals surface area contributed by atoms with Gasteiger partial charge in [0.15, 0.2) is 0 Å². The zero-order valence-electron chi connectivity index (χ0n) is 14.3. The molecule has 0 aromatic heterocycles. The van der Waals surface area contributed by atoms with Gasteiger partial charge in [-0.1, -0.05) is 31.2 Å². The van der Waals surface area contributed by atoms with E-state index in [1.54, 1.807) is 13.2 Å². The summed E-state index contributed by atoms with van der Waals surface area (Å²) < 4.78 is 32.6. The van der Waals surface area contributed by atoms with Crippen LogP contribution in [0.3, 0.4) is 0 Å². The summed E-state index contributed by atoms with van der Waals surface area (Å²) in [4.78, 5) is 12.3. The van der Waals surface area contributed by atoms with E-state index in [1.165, 1.54) is 12.1 Å². The van der Waals surface area contributed by atoms with Crippen molar-refractivity contribution in [2.75, 3.05) is 13.7 Å². The number of ether oxygens (including phenoxy) is 1. The second-order valence-corrected chi connectivity index (χ2v) is 6.65. The van der Waals surface area contributed by atoms with Crippen LogP contribution in [0.5, 0.6) is 5.75 Å². The summed E-state index contributed by atoms with van der Waals surface area (Å²) in [6, 6.07) is 11.0. The van der Waals surface area contributed by atoms with Crippen LogP contribution in [0.1, 0.15) is 24.5 Å².